The molecule has 0 unspecified atom stereocenters. The van der Waals surface area contributed by atoms with Crippen molar-refractivity contribution in [1.82, 2.24) is 10.2 Å². The van der Waals surface area contributed by atoms with Crippen LogP contribution in [0.25, 0.3) is 0 Å². The third-order valence-corrected chi connectivity index (χ3v) is 5.40. The molecule has 0 aromatic heterocycles. The molecule has 154 valence electrons. The molecule has 1 saturated heterocycles. The maximum atomic E-state index is 13.1. The van der Waals surface area contributed by atoms with Gasteiger partial charge in [0.15, 0.2) is 0 Å². The van der Waals surface area contributed by atoms with Gasteiger partial charge in [-0.3, -0.25) is 14.5 Å². The van der Waals surface area contributed by atoms with E-state index in [1.807, 2.05) is 6.92 Å². The fraction of sp³-hybridized carbons (Fsp3) is 0.364. The highest BCUT2D eigenvalue weighted by Gasteiger charge is 2.15. The van der Waals surface area contributed by atoms with E-state index >= 15 is 0 Å². The van der Waals surface area contributed by atoms with E-state index in [2.05, 4.69) is 15.5 Å². The van der Waals surface area contributed by atoms with Gasteiger partial charge in [-0.25, -0.2) is 4.39 Å². The van der Waals surface area contributed by atoms with Crippen molar-refractivity contribution in [2.45, 2.75) is 32.7 Å². The summed E-state index contributed by atoms with van der Waals surface area (Å²) in [6, 6.07) is 9.23. The van der Waals surface area contributed by atoms with Gasteiger partial charge in [0, 0.05) is 22.8 Å². The monoisotopic (exact) mass is 417 g/mol. The molecule has 3 rings (SSSR count). The van der Waals surface area contributed by atoms with E-state index in [1.54, 1.807) is 24.3 Å². The molecule has 0 atom stereocenters. The number of halogens is 2. The molecule has 1 fully saturated rings. The van der Waals surface area contributed by atoms with Gasteiger partial charge in [-0.1, -0.05) is 30.2 Å². The molecule has 1 aliphatic heterocycles. The average molecular weight is 418 g/mol. The summed E-state index contributed by atoms with van der Waals surface area (Å²) in [7, 11) is 0. The number of piperidine rings is 1. The first-order valence-electron chi connectivity index (χ1n) is 9.77. The summed E-state index contributed by atoms with van der Waals surface area (Å²) >= 11 is 6.00. The first-order valence-corrected chi connectivity index (χ1v) is 10.1. The van der Waals surface area contributed by atoms with Gasteiger partial charge in [0.05, 0.1) is 6.54 Å². The molecule has 0 aliphatic carbocycles. The number of likely N-dealkylation sites (tertiary alicyclic amines) is 1. The third kappa shape index (κ3) is 6.02. The van der Waals surface area contributed by atoms with Crippen LogP contribution in [0, 0.1) is 12.7 Å². The molecule has 0 saturated carbocycles. The Morgan fingerprint density at radius 1 is 1.10 bits per heavy atom. The molecule has 2 aromatic rings. The van der Waals surface area contributed by atoms with E-state index < -0.39 is 5.82 Å². The van der Waals surface area contributed by atoms with E-state index in [1.165, 1.54) is 18.6 Å². The summed E-state index contributed by atoms with van der Waals surface area (Å²) in [6.45, 7) is 4.32. The molecule has 0 spiro atoms. The van der Waals surface area contributed by atoms with Gasteiger partial charge in [0.1, 0.15) is 5.82 Å². The molecular weight excluding hydrogens is 393 g/mol. The highest BCUT2D eigenvalue weighted by molar-refractivity contribution is 6.31. The Balaban J connectivity index is 1.61. The Labute approximate surface area is 175 Å². The minimum absolute atomic E-state index is 0.0781. The molecule has 1 heterocycles. The van der Waals surface area contributed by atoms with Crippen molar-refractivity contribution in [2.75, 3.05) is 25.0 Å². The van der Waals surface area contributed by atoms with E-state index in [0.29, 0.717) is 23.4 Å². The largest absolute Gasteiger partial charge is 0.348 e. The first kappa shape index (κ1) is 21.3. The Kier molecular flexibility index (Phi) is 7.23. The average Bonchev–Trinajstić information content (AvgIpc) is 2.69. The van der Waals surface area contributed by atoms with Crippen LogP contribution in [0.5, 0.6) is 0 Å². The van der Waals surface area contributed by atoms with Gasteiger partial charge in [0.25, 0.3) is 5.91 Å². The molecule has 2 N–H and O–H groups in total. The van der Waals surface area contributed by atoms with Crippen molar-refractivity contribution in [3.63, 3.8) is 0 Å². The molecule has 0 radical (unpaired) electrons. The van der Waals surface area contributed by atoms with E-state index in [4.69, 9.17) is 11.6 Å². The van der Waals surface area contributed by atoms with E-state index in [-0.39, 0.29) is 23.4 Å². The predicted molar refractivity (Wildman–Crippen MR) is 113 cm³/mol. The maximum Gasteiger partial charge on any atom is 0.251 e. The number of nitrogens with zero attached hydrogens (tertiary/aromatic N) is 1. The number of hydrogen-bond acceptors (Lipinski definition) is 3. The van der Waals surface area contributed by atoms with Crippen molar-refractivity contribution in [1.29, 1.82) is 0 Å². The SMILES string of the molecule is Cc1ccc(C(=O)NCc2ccc(F)cc2Cl)cc1NC(=O)CN1CCCCC1. The van der Waals surface area contributed by atoms with Gasteiger partial charge >= 0.3 is 0 Å². The summed E-state index contributed by atoms with van der Waals surface area (Å²) in [5, 5.41) is 5.96. The lowest BCUT2D eigenvalue weighted by Crippen LogP contribution is -2.37. The lowest BCUT2D eigenvalue weighted by molar-refractivity contribution is -0.117. The van der Waals surface area contributed by atoms with Crippen LogP contribution >= 0.6 is 11.6 Å². The zero-order valence-electron chi connectivity index (χ0n) is 16.4. The summed E-state index contributed by atoms with van der Waals surface area (Å²) in [4.78, 5) is 27.1. The van der Waals surface area contributed by atoms with Crippen molar-refractivity contribution in [3.8, 4) is 0 Å². The fourth-order valence-corrected chi connectivity index (χ4v) is 3.58. The number of rotatable bonds is 6. The molecule has 0 bridgehead atoms. The maximum absolute atomic E-state index is 13.1. The summed E-state index contributed by atoms with van der Waals surface area (Å²) in [6.07, 6.45) is 3.47. The van der Waals surface area contributed by atoms with Crippen LogP contribution in [-0.2, 0) is 11.3 Å². The molecule has 1 aliphatic rings. The van der Waals surface area contributed by atoms with Crippen LogP contribution in [0.4, 0.5) is 10.1 Å². The van der Waals surface area contributed by atoms with Crippen molar-refractivity contribution >= 4 is 29.1 Å². The molecule has 29 heavy (non-hydrogen) atoms. The number of aryl methyl sites for hydroxylation is 1. The number of carbonyl (C=O) groups excluding carboxylic acids is 2. The molecule has 7 heteroatoms. The van der Waals surface area contributed by atoms with Gasteiger partial charge in [0.2, 0.25) is 5.91 Å². The topological polar surface area (TPSA) is 61.4 Å². The minimum atomic E-state index is -0.423. The normalized spacial score (nSPS) is 14.4. The quantitative estimate of drug-likeness (QED) is 0.742. The lowest BCUT2D eigenvalue weighted by atomic mass is 10.1. The van der Waals surface area contributed by atoms with Crippen molar-refractivity contribution in [3.05, 3.63) is 63.9 Å². The Bertz CT molecular complexity index is 898. The molecule has 2 aromatic carbocycles. The highest BCUT2D eigenvalue weighted by atomic mass is 35.5. The zero-order valence-corrected chi connectivity index (χ0v) is 17.2. The number of nitrogens with one attached hydrogen (secondary N) is 2. The zero-order chi connectivity index (χ0) is 20.8. The van der Waals surface area contributed by atoms with Crippen LogP contribution in [0.1, 0.15) is 40.7 Å². The highest BCUT2D eigenvalue weighted by Crippen LogP contribution is 2.19. The number of benzene rings is 2. The number of anilines is 1. The number of amides is 2. The molecule has 5 nitrogen and oxygen atoms in total. The Morgan fingerprint density at radius 3 is 2.59 bits per heavy atom. The second-order valence-electron chi connectivity index (χ2n) is 7.33. The second kappa shape index (κ2) is 9.85. The predicted octanol–water partition coefficient (Wildman–Crippen LogP) is 4.14. The van der Waals surface area contributed by atoms with Gasteiger partial charge in [-0.05, 0) is 68.2 Å². The second-order valence-corrected chi connectivity index (χ2v) is 7.74. The minimum Gasteiger partial charge on any atom is -0.348 e. The van der Waals surface area contributed by atoms with Crippen LogP contribution in [0.2, 0.25) is 5.02 Å². The van der Waals surface area contributed by atoms with Crippen molar-refractivity contribution < 1.29 is 14.0 Å². The smallest absolute Gasteiger partial charge is 0.251 e. The van der Waals surface area contributed by atoms with Crippen LogP contribution < -0.4 is 10.6 Å². The van der Waals surface area contributed by atoms with Gasteiger partial charge in [-0.2, -0.15) is 0 Å². The van der Waals surface area contributed by atoms with Crippen LogP contribution in [-0.4, -0.2) is 36.3 Å². The molecule has 2 amide bonds. The molecular formula is C22H25ClFN3O2. The summed E-state index contributed by atoms with van der Waals surface area (Å²) in [5.74, 6) is -0.795. The van der Waals surface area contributed by atoms with E-state index in [0.717, 1.165) is 31.5 Å². The lowest BCUT2D eigenvalue weighted by Gasteiger charge is -2.25. The summed E-state index contributed by atoms with van der Waals surface area (Å²) < 4.78 is 13.1. The van der Waals surface area contributed by atoms with Gasteiger partial charge in [-0.15, -0.1) is 0 Å². The van der Waals surface area contributed by atoms with Gasteiger partial charge < -0.3 is 10.6 Å². The summed E-state index contributed by atoms with van der Waals surface area (Å²) in [5.41, 5.74) is 2.57. The van der Waals surface area contributed by atoms with E-state index in [9.17, 15) is 14.0 Å². The Morgan fingerprint density at radius 2 is 1.86 bits per heavy atom. The van der Waals surface area contributed by atoms with Crippen molar-refractivity contribution in [2.24, 2.45) is 0 Å². The van der Waals surface area contributed by atoms with Crippen LogP contribution in [0.3, 0.4) is 0 Å². The fourth-order valence-electron chi connectivity index (χ4n) is 3.35. The third-order valence-electron chi connectivity index (χ3n) is 5.04. The number of carbonyl (C=O) groups is 2. The first-order chi connectivity index (χ1) is 13.9. The Hall–Kier alpha value is -2.44. The standard InChI is InChI=1S/C22H25ClFN3O2/c1-15-5-6-16(22(29)25-13-17-7-8-18(24)12-19(17)23)11-20(15)26-21(28)14-27-9-3-2-4-10-27/h5-8,11-12H,2-4,9-10,13-14H2,1H3,(H,25,29)(H,26,28). The van der Waals surface area contributed by atoms with Crippen LogP contribution in [0.15, 0.2) is 36.4 Å². The number of hydrogen-bond donors (Lipinski definition) is 2.